The number of nitro benzene ring substituents is 1. The summed E-state index contributed by atoms with van der Waals surface area (Å²) in [5.74, 6) is -2.15. The van der Waals surface area contributed by atoms with Gasteiger partial charge < -0.3 is 20.2 Å². The Morgan fingerprint density at radius 1 is 1.14 bits per heavy atom. The molecule has 0 aromatic heterocycles. The number of carboxylic acid groups (broad SMARTS) is 1. The standard InChI is InChI=1S/C18H17FN4O4S/c19-16-6-1-12(11-15(16)17(24)25)20-18(28)22-9-7-21(8-10-22)13-2-4-14(5-3-13)23(26)27/h1-6,11H,7-10H2,(H,20,28)(H,24,25). The highest BCUT2D eigenvalue weighted by Gasteiger charge is 2.20. The molecule has 10 heteroatoms. The van der Waals surface area contributed by atoms with Gasteiger partial charge in [-0.2, -0.15) is 0 Å². The van der Waals surface area contributed by atoms with Crippen LogP contribution in [0.25, 0.3) is 0 Å². The minimum atomic E-state index is -1.34. The molecule has 8 nitrogen and oxygen atoms in total. The number of non-ortho nitro benzene ring substituents is 1. The van der Waals surface area contributed by atoms with Gasteiger partial charge in [0.1, 0.15) is 5.82 Å². The summed E-state index contributed by atoms with van der Waals surface area (Å²) >= 11 is 5.38. The first-order chi connectivity index (χ1) is 13.3. The molecule has 146 valence electrons. The van der Waals surface area contributed by atoms with Gasteiger partial charge in [-0.1, -0.05) is 0 Å². The fourth-order valence-corrected chi connectivity index (χ4v) is 3.22. The molecule has 1 heterocycles. The molecular formula is C18H17FN4O4S. The van der Waals surface area contributed by atoms with Gasteiger partial charge in [0.05, 0.1) is 10.5 Å². The van der Waals surface area contributed by atoms with Crippen molar-refractivity contribution in [3.8, 4) is 0 Å². The number of nitro groups is 1. The zero-order valence-corrected chi connectivity index (χ0v) is 15.5. The Labute approximate surface area is 165 Å². The van der Waals surface area contributed by atoms with Crippen molar-refractivity contribution in [1.82, 2.24) is 4.90 Å². The summed E-state index contributed by atoms with van der Waals surface area (Å²) in [6.07, 6.45) is 0. The monoisotopic (exact) mass is 404 g/mol. The van der Waals surface area contributed by atoms with Crippen LogP contribution in [0.1, 0.15) is 10.4 Å². The quantitative estimate of drug-likeness (QED) is 0.456. The molecule has 0 bridgehead atoms. The van der Waals surface area contributed by atoms with E-state index in [0.29, 0.717) is 37.0 Å². The van der Waals surface area contributed by atoms with Crippen molar-refractivity contribution in [2.75, 3.05) is 36.4 Å². The predicted molar refractivity (Wildman–Crippen MR) is 106 cm³/mol. The van der Waals surface area contributed by atoms with Crippen LogP contribution < -0.4 is 10.2 Å². The first-order valence-electron chi connectivity index (χ1n) is 8.43. The number of hydrogen-bond acceptors (Lipinski definition) is 5. The van der Waals surface area contributed by atoms with Crippen LogP contribution in [-0.4, -0.2) is 52.2 Å². The molecule has 0 unspecified atom stereocenters. The smallest absolute Gasteiger partial charge is 0.338 e. The lowest BCUT2D eigenvalue weighted by Crippen LogP contribution is -2.50. The number of rotatable bonds is 4. The minimum Gasteiger partial charge on any atom is -0.478 e. The third kappa shape index (κ3) is 4.34. The molecular weight excluding hydrogens is 387 g/mol. The van der Waals surface area contributed by atoms with Gasteiger partial charge in [0.15, 0.2) is 5.11 Å². The molecule has 0 radical (unpaired) electrons. The summed E-state index contributed by atoms with van der Waals surface area (Å²) in [4.78, 5) is 25.4. The van der Waals surface area contributed by atoms with Crippen LogP contribution in [0.3, 0.4) is 0 Å². The van der Waals surface area contributed by atoms with Gasteiger partial charge in [-0.3, -0.25) is 10.1 Å². The van der Waals surface area contributed by atoms with Crippen LogP contribution in [0.2, 0.25) is 0 Å². The zero-order valence-electron chi connectivity index (χ0n) is 14.7. The zero-order chi connectivity index (χ0) is 20.3. The number of benzene rings is 2. The third-order valence-electron chi connectivity index (χ3n) is 4.44. The second kappa shape index (κ2) is 8.17. The number of anilines is 2. The maximum Gasteiger partial charge on any atom is 0.338 e. The molecule has 1 aliphatic heterocycles. The second-order valence-electron chi connectivity index (χ2n) is 6.18. The molecule has 2 aromatic rings. The molecule has 3 rings (SSSR count). The van der Waals surface area contributed by atoms with E-state index in [4.69, 9.17) is 17.3 Å². The van der Waals surface area contributed by atoms with E-state index >= 15 is 0 Å². The van der Waals surface area contributed by atoms with Gasteiger partial charge in [0.25, 0.3) is 5.69 Å². The van der Waals surface area contributed by atoms with E-state index in [9.17, 15) is 19.3 Å². The summed E-state index contributed by atoms with van der Waals surface area (Å²) in [5, 5.41) is 23.1. The highest BCUT2D eigenvalue weighted by molar-refractivity contribution is 7.80. The Kier molecular flexibility index (Phi) is 5.69. The van der Waals surface area contributed by atoms with Crippen molar-refractivity contribution in [2.24, 2.45) is 0 Å². The number of carboxylic acids is 1. The van der Waals surface area contributed by atoms with E-state index in [-0.39, 0.29) is 5.69 Å². The fourth-order valence-electron chi connectivity index (χ4n) is 2.92. The van der Waals surface area contributed by atoms with Crippen LogP contribution in [0.4, 0.5) is 21.5 Å². The normalized spacial score (nSPS) is 13.9. The molecule has 1 saturated heterocycles. The molecule has 0 atom stereocenters. The fraction of sp³-hybridized carbons (Fsp3) is 0.222. The third-order valence-corrected chi connectivity index (χ3v) is 4.80. The Morgan fingerprint density at radius 2 is 1.79 bits per heavy atom. The molecule has 2 aromatic carbocycles. The lowest BCUT2D eigenvalue weighted by Gasteiger charge is -2.37. The van der Waals surface area contributed by atoms with Gasteiger partial charge in [-0.15, -0.1) is 0 Å². The summed E-state index contributed by atoms with van der Waals surface area (Å²) < 4.78 is 13.5. The molecule has 0 aliphatic carbocycles. The molecule has 0 amide bonds. The van der Waals surface area contributed by atoms with Crippen molar-refractivity contribution in [3.05, 3.63) is 64.0 Å². The van der Waals surface area contributed by atoms with Crippen molar-refractivity contribution in [1.29, 1.82) is 0 Å². The predicted octanol–water partition coefficient (Wildman–Crippen LogP) is 2.95. The SMILES string of the molecule is O=C(O)c1cc(NC(=S)N2CCN(c3ccc([N+](=O)[O-])cc3)CC2)ccc1F. The van der Waals surface area contributed by atoms with Gasteiger partial charge in [0.2, 0.25) is 0 Å². The average molecular weight is 404 g/mol. The van der Waals surface area contributed by atoms with E-state index < -0.39 is 22.3 Å². The Balaban J connectivity index is 1.58. The largest absolute Gasteiger partial charge is 0.478 e. The first kappa shape index (κ1) is 19.5. The summed E-state index contributed by atoms with van der Waals surface area (Å²) in [5.41, 5.74) is 0.930. The Morgan fingerprint density at radius 3 is 2.36 bits per heavy atom. The number of nitrogens with zero attached hydrogens (tertiary/aromatic N) is 3. The number of halogens is 1. The number of nitrogens with one attached hydrogen (secondary N) is 1. The number of thiocarbonyl (C=S) groups is 1. The number of carbonyl (C=O) groups is 1. The number of aromatic carboxylic acids is 1. The topological polar surface area (TPSA) is 99.0 Å². The first-order valence-corrected chi connectivity index (χ1v) is 8.84. The van der Waals surface area contributed by atoms with Crippen LogP contribution in [0, 0.1) is 15.9 Å². The summed E-state index contributed by atoms with van der Waals surface area (Å²) in [7, 11) is 0. The molecule has 1 aliphatic rings. The highest BCUT2D eigenvalue weighted by atomic mass is 32.1. The molecule has 28 heavy (non-hydrogen) atoms. The van der Waals surface area contributed by atoms with Gasteiger partial charge in [0, 0.05) is 49.7 Å². The van der Waals surface area contributed by atoms with Crippen LogP contribution >= 0.6 is 12.2 Å². The van der Waals surface area contributed by atoms with Crippen molar-refractivity contribution >= 4 is 40.4 Å². The molecule has 2 N–H and O–H groups in total. The molecule has 0 spiro atoms. The Bertz CT molecular complexity index is 914. The van der Waals surface area contributed by atoms with Crippen LogP contribution in [0.15, 0.2) is 42.5 Å². The van der Waals surface area contributed by atoms with Crippen molar-refractivity contribution in [3.63, 3.8) is 0 Å². The van der Waals surface area contributed by atoms with Crippen molar-refractivity contribution < 1.29 is 19.2 Å². The summed E-state index contributed by atoms with van der Waals surface area (Å²) in [6, 6.07) is 10.1. The molecule has 1 fully saturated rings. The maximum atomic E-state index is 13.5. The van der Waals surface area contributed by atoms with E-state index in [0.717, 1.165) is 11.8 Å². The van der Waals surface area contributed by atoms with Crippen LogP contribution in [-0.2, 0) is 0 Å². The summed E-state index contributed by atoms with van der Waals surface area (Å²) in [6.45, 7) is 2.58. The second-order valence-corrected chi connectivity index (χ2v) is 6.56. The van der Waals surface area contributed by atoms with Gasteiger partial charge in [-0.05, 0) is 42.5 Å². The lowest BCUT2D eigenvalue weighted by molar-refractivity contribution is -0.384. The van der Waals surface area contributed by atoms with Gasteiger partial charge in [-0.25, -0.2) is 9.18 Å². The van der Waals surface area contributed by atoms with E-state index in [1.54, 1.807) is 12.1 Å². The van der Waals surface area contributed by atoms with E-state index in [1.807, 2.05) is 4.90 Å². The van der Waals surface area contributed by atoms with Crippen molar-refractivity contribution in [2.45, 2.75) is 0 Å². The molecule has 0 saturated carbocycles. The number of piperazine rings is 1. The van der Waals surface area contributed by atoms with Gasteiger partial charge >= 0.3 is 5.97 Å². The Hall–Kier alpha value is -3.27. The van der Waals surface area contributed by atoms with Crippen LogP contribution in [0.5, 0.6) is 0 Å². The lowest BCUT2D eigenvalue weighted by atomic mass is 10.2. The minimum absolute atomic E-state index is 0.0489. The maximum absolute atomic E-state index is 13.5. The highest BCUT2D eigenvalue weighted by Crippen LogP contribution is 2.21. The van der Waals surface area contributed by atoms with E-state index in [2.05, 4.69) is 10.2 Å². The number of hydrogen-bond donors (Lipinski definition) is 2. The average Bonchev–Trinajstić information content (AvgIpc) is 2.69. The van der Waals surface area contributed by atoms with E-state index in [1.165, 1.54) is 24.3 Å².